The molecule has 1 aromatic heterocycles. The highest BCUT2D eigenvalue weighted by atomic mass is 79.9. The number of rotatable bonds is 3. The van der Waals surface area contributed by atoms with Gasteiger partial charge in [-0.1, -0.05) is 34.5 Å². The van der Waals surface area contributed by atoms with Crippen molar-refractivity contribution in [3.8, 4) is 5.88 Å². The van der Waals surface area contributed by atoms with Gasteiger partial charge in [0.25, 0.3) is 0 Å². The Morgan fingerprint density at radius 2 is 2.38 bits per heavy atom. The monoisotopic (exact) mass is 263 g/mol. The molecule has 1 heterocycles. The van der Waals surface area contributed by atoms with Crippen molar-refractivity contribution in [1.29, 1.82) is 0 Å². The fraction of sp³-hybridized carbons (Fsp3) is 0.444. The van der Waals surface area contributed by atoms with Crippen molar-refractivity contribution in [2.24, 2.45) is 0 Å². The number of hydrogen-bond acceptors (Lipinski definition) is 2. The van der Waals surface area contributed by atoms with Crippen molar-refractivity contribution in [2.45, 2.75) is 18.2 Å². The lowest BCUT2D eigenvalue weighted by molar-refractivity contribution is 0.392. The third kappa shape index (κ3) is 2.85. The number of halogens is 2. The summed E-state index contributed by atoms with van der Waals surface area (Å²) in [5.41, 5.74) is 0.955. The second-order valence-corrected chi connectivity index (χ2v) is 4.74. The Bertz CT molecular complexity index is 291. The maximum Gasteiger partial charge on any atom is 0.217 e. The van der Waals surface area contributed by atoms with Gasteiger partial charge in [0.2, 0.25) is 5.88 Å². The van der Waals surface area contributed by atoms with Crippen molar-refractivity contribution < 1.29 is 4.74 Å². The second kappa shape index (κ2) is 4.82. The number of aromatic nitrogens is 1. The zero-order valence-corrected chi connectivity index (χ0v) is 9.89. The molecule has 0 N–H and O–H groups in total. The Kier molecular flexibility index (Phi) is 4.00. The van der Waals surface area contributed by atoms with Gasteiger partial charge >= 0.3 is 0 Å². The summed E-state index contributed by atoms with van der Waals surface area (Å²) in [7, 11) is 1.60. The number of alkyl halides is 1. The maximum atomic E-state index is 6.01. The summed E-state index contributed by atoms with van der Waals surface area (Å²) in [6.07, 6.45) is 2.46. The average Bonchev–Trinajstić information content (AvgIpc) is 2.08. The molecule has 1 atom stereocenters. The number of pyridine rings is 1. The van der Waals surface area contributed by atoms with Crippen LogP contribution in [0.15, 0.2) is 12.3 Å². The molecule has 0 aliphatic rings. The van der Waals surface area contributed by atoms with E-state index in [0.717, 1.165) is 12.0 Å². The van der Waals surface area contributed by atoms with Crippen molar-refractivity contribution in [3.63, 3.8) is 0 Å². The number of hydrogen-bond donors (Lipinski definition) is 0. The minimum absolute atomic E-state index is 0.364. The van der Waals surface area contributed by atoms with Crippen LogP contribution in [-0.4, -0.2) is 16.9 Å². The largest absolute Gasteiger partial charge is 0.481 e. The van der Waals surface area contributed by atoms with Crippen molar-refractivity contribution in [3.05, 3.63) is 22.8 Å². The molecule has 1 unspecified atom stereocenters. The molecule has 13 heavy (non-hydrogen) atoms. The smallest absolute Gasteiger partial charge is 0.217 e. The first-order chi connectivity index (χ1) is 6.15. The van der Waals surface area contributed by atoms with Gasteiger partial charge in [0.1, 0.15) is 0 Å². The van der Waals surface area contributed by atoms with Crippen molar-refractivity contribution >= 4 is 27.5 Å². The molecule has 1 aromatic rings. The van der Waals surface area contributed by atoms with E-state index in [2.05, 4.69) is 27.8 Å². The van der Waals surface area contributed by atoms with Gasteiger partial charge in [0.15, 0.2) is 0 Å². The van der Waals surface area contributed by atoms with E-state index in [1.807, 2.05) is 0 Å². The van der Waals surface area contributed by atoms with Gasteiger partial charge in [-0.25, -0.2) is 4.98 Å². The second-order valence-electron chi connectivity index (χ2n) is 2.77. The van der Waals surface area contributed by atoms with E-state index in [1.54, 1.807) is 19.4 Å². The SMILES string of the molecule is COc1nccc(Cl)c1CC(C)Br. The summed E-state index contributed by atoms with van der Waals surface area (Å²) in [4.78, 5) is 4.45. The van der Waals surface area contributed by atoms with Gasteiger partial charge in [-0.2, -0.15) is 0 Å². The van der Waals surface area contributed by atoms with E-state index in [4.69, 9.17) is 16.3 Å². The molecule has 2 nitrogen and oxygen atoms in total. The van der Waals surface area contributed by atoms with Crippen LogP contribution in [0.1, 0.15) is 12.5 Å². The predicted molar refractivity (Wildman–Crippen MR) is 57.9 cm³/mol. The molecular weight excluding hydrogens is 253 g/mol. The Labute approximate surface area is 91.4 Å². The molecule has 0 saturated heterocycles. The molecule has 0 radical (unpaired) electrons. The summed E-state index contributed by atoms with van der Waals surface area (Å²) < 4.78 is 5.11. The third-order valence-electron chi connectivity index (χ3n) is 1.64. The summed E-state index contributed by atoms with van der Waals surface area (Å²) in [5.74, 6) is 0.610. The average molecular weight is 265 g/mol. The highest BCUT2D eigenvalue weighted by molar-refractivity contribution is 9.09. The first-order valence-corrected chi connectivity index (χ1v) is 5.26. The quantitative estimate of drug-likeness (QED) is 0.783. The minimum atomic E-state index is 0.364. The van der Waals surface area contributed by atoms with E-state index in [0.29, 0.717) is 15.7 Å². The lowest BCUT2D eigenvalue weighted by atomic mass is 10.1. The third-order valence-corrected chi connectivity index (χ3v) is 2.32. The molecule has 0 bridgehead atoms. The van der Waals surface area contributed by atoms with Crippen LogP contribution in [0, 0.1) is 0 Å². The fourth-order valence-corrected chi connectivity index (χ4v) is 1.63. The zero-order chi connectivity index (χ0) is 9.84. The molecule has 0 saturated carbocycles. The van der Waals surface area contributed by atoms with Crippen LogP contribution in [-0.2, 0) is 6.42 Å². The topological polar surface area (TPSA) is 22.1 Å². The molecule has 0 aliphatic heterocycles. The van der Waals surface area contributed by atoms with Crippen LogP contribution in [0.3, 0.4) is 0 Å². The molecule has 0 aliphatic carbocycles. The normalized spacial score (nSPS) is 12.6. The van der Waals surface area contributed by atoms with Gasteiger partial charge in [-0.05, 0) is 12.5 Å². The summed E-state index contributed by atoms with van der Waals surface area (Å²) in [5, 5.41) is 0.707. The van der Waals surface area contributed by atoms with Gasteiger partial charge in [0.05, 0.1) is 12.1 Å². The molecule has 72 valence electrons. The number of ether oxygens (including phenoxy) is 1. The molecule has 1 rings (SSSR count). The predicted octanol–water partition coefficient (Wildman–Crippen LogP) is 3.07. The molecule has 0 aromatic carbocycles. The van der Waals surface area contributed by atoms with E-state index < -0.39 is 0 Å². The Morgan fingerprint density at radius 3 is 2.92 bits per heavy atom. The maximum absolute atomic E-state index is 6.01. The fourth-order valence-electron chi connectivity index (χ4n) is 1.09. The van der Waals surface area contributed by atoms with E-state index in [1.165, 1.54) is 0 Å². The Morgan fingerprint density at radius 1 is 1.69 bits per heavy atom. The van der Waals surface area contributed by atoms with Crippen LogP contribution in [0.25, 0.3) is 0 Å². The summed E-state index contributed by atoms with van der Waals surface area (Å²) in [6.45, 7) is 2.06. The van der Waals surface area contributed by atoms with E-state index in [-0.39, 0.29) is 0 Å². The molecular formula is C9H11BrClNO. The highest BCUT2D eigenvalue weighted by Gasteiger charge is 2.10. The van der Waals surface area contributed by atoms with Crippen molar-refractivity contribution in [2.75, 3.05) is 7.11 Å². The minimum Gasteiger partial charge on any atom is -0.481 e. The standard InChI is InChI=1S/C9H11BrClNO/c1-6(10)5-7-8(11)3-4-12-9(7)13-2/h3-4,6H,5H2,1-2H3. The first-order valence-electron chi connectivity index (χ1n) is 3.96. The van der Waals surface area contributed by atoms with Crippen LogP contribution in [0.4, 0.5) is 0 Å². The van der Waals surface area contributed by atoms with E-state index in [9.17, 15) is 0 Å². The van der Waals surface area contributed by atoms with Crippen LogP contribution < -0.4 is 4.74 Å². The lowest BCUT2D eigenvalue weighted by Crippen LogP contribution is -2.01. The molecule has 0 spiro atoms. The number of nitrogens with zero attached hydrogens (tertiary/aromatic N) is 1. The Hall–Kier alpha value is -0.280. The number of methoxy groups -OCH3 is 1. The highest BCUT2D eigenvalue weighted by Crippen LogP contribution is 2.26. The van der Waals surface area contributed by atoms with Crippen LogP contribution >= 0.6 is 27.5 Å². The molecule has 0 amide bonds. The molecule has 0 fully saturated rings. The zero-order valence-electron chi connectivity index (χ0n) is 7.55. The van der Waals surface area contributed by atoms with Gasteiger partial charge in [0, 0.05) is 16.6 Å². The van der Waals surface area contributed by atoms with Crippen molar-refractivity contribution in [1.82, 2.24) is 4.98 Å². The van der Waals surface area contributed by atoms with Gasteiger partial charge in [-0.3, -0.25) is 0 Å². The van der Waals surface area contributed by atoms with Crippen LogP contribution in [0.5, 0.6) is 5.88 Å². The molecule has 4 heteroatoms. The van der Waals surface area contributed by atoms with Gasteiger partial charge < -0.3 is 4.74 Å². The Balaban J connectivity index is 3.00. The lowest BCUT2D eigenvalue weighted by Gasteiger charge is -2.09. The summed E-state index contributed by atoms with van der Waals surface area (Å²) in [6, 6.07) is 1.77. The summed E-state index contributed by atoms with van der Waals surface area (Å²) >= 11 is 9.48. The van der Waals surface area contributed by atoms with Crippen LogP contribution in [0.2, 0.25) is 5.02 Å². The van der Waals surface area contributed by atoms with Gasteiger partial charge in [-0.15, -0.1) is 0 Å². The van der Waals surface area contributed by atoms with E-state index >= 15 is 0 Å². The first kappa shape index (κ1) is 10.8.